The first-order valence-electron chi connectivity index (χ1n) is 5.62. The van der Waals surface area contributed by atoms with Crippen LogP contribution in [0.3, 0.4) is 0 Å². The fraction of sp³-hybridized carbons (Fsp3) is 0.583. The Morgan fingerprint density at radius 2 is 2.11 bits per heavy atom. The zero-order valence-corrected chi connectivity index (χ0v) is 11.1. The van der Waals surface area contributed by atoms with Crippen molar-refractivity contribution < 1.29 is 19.1 Å². The number of amides is 1. The number of oxazole rings is 1. The highest BCUT2D eigenvalue weighted by Crippen LogP contribution is 2.18. The highest BCUT2D eigenvalue weighted by Gasteiger charge is 2.30. The van der Waals surface area contributed by atoms with E-state index in [1.165, 1.54) is 11.2 Å². The highest BCUT2D eigenvalue weighted by atomic mass is 16.4. The summed E-state index contributed by atoms with van der Waals surface area (Å²) in [4.78, 5) is 28.2. The number of aryl methyl sites for hydroxylation is 1. The molecule has 0 saturated heterocycles. The Bertz CT molecular complexity index is 451. The summed E-state index contributed by atoms with van der Waals surface area (Å²) in [7, 11) is 1.60. The number of hydrogen-bond donors (Lipinski definition) is 1. The predicted octanol–water partition coefficient (Wildman–Crippen LogP) is 1.24. The van der Waals surface area contributed by atoms with Crippen molar-refractivity contribution in [1.29, 1.82) is 0 Å². The van der Waals surface area contributed by atoms with Gasteiger partial charge in [0.2, 0.25) is 5.91 Å². The molecule has 0 saturated carbocycles. The largest absolute Gasteiger partial charge is 0.481 e. The van der Waals surface area contributed by atoms with E-state index in [9.17, 15) is 9.59 Å². The first kappa shape index (κ1) is 14.2. The van der Waals surface area contributed by atoms with Gasteiger partial charge in [-0.25, -0.2) is 4.98 Å². The van der Waals surface area contributed by atoms with E-state index in [0.29, 0.717) is 11.6 Å². The Morgan fingerprint density at radius 1 is 1.50 bits per heavy atom. The number of aromatic nitrogens is 1. The first-order valence-corrected chi connectivity index (χ1v) is 5.62. The maximum Gasteiger partial charge on any atom is 0.305 e. The highest BCUT2D eigenvalue weighted by molar-refractivity contribution is 5.79. The monoisotopic (exact) mass is 254 g/mol. The van der Waals surface area contributed by atoms with Gasteiger partial charge >= 0.3 is 5.97 Å². The van der Waals surface area contributed by atoms with Crippen LogP contribution in [0.4, 0.5) is 0 Å². The maximum absolute atomic E-state index is 12.0. The summed E-state index contributed by atoms with van der Waals surface area (Å²) in [5.41, 5.74) is -0.183. The van der Waals surface area contributed by atoms with Crippen LogP contribution >= 0.6 is 0 Å². The molecule has 18 heavy (non-hydrogen) atoms. The Kier molecular flexibility index (Phi) is 4.11. The number of aliphatic carboxylic acids is 1. The van der Waals surface area contributed by atoms with E-state index < -0.39 is 11.5 Å². The molecule has 0 aliphatic carbocycles. The van der Waals surface area contributed by atoms with Gasteiger partial charge in [0.15, 0.2) is 5.89 Å². The van der Waals surface area contributed by atoms with Crippen LogP contribution in [0.2, 0.25) is 0 Å². The van der Waals surface area contributed by atoms with Crippen molar-refractivity contribution in [1.82, 2.24) is 9.88 Å². The van der Waals surface area contributed by atoms with Gasteiger partial charge in [-0.1, -0.05) is 0 Å². The van der Waals surface area contributed by atoms with Crippen LogP contribution in [-0.2, 0) is 16.0 Å². The Balaban J connectivity index is 2.68. The van der Waals surface area contributed by atoms with Crippen LogP contribution in [0.5, 0.6) is 0 Å². The molecular weight excluding hydrogens is 236 g/mol. The number of rotatable bonds is 5. The molecule has 6 heteroatoms. The molecule has 0 atom stereocenters. The second-order valence-corrected chi connectivity index (χ2v) is 4.87. The van der Waals surface area contributed by atoms with Crippen molar-refractivity contribution in [2.45, 2.75) is 39.2 Å². The molecular formula is C12H18N2O4. The van der Waals surface area contributed by atoms with Crippen molar-refractivity contribution in [2.24, 2.45) is 0 Å². The number of carboxylic acid groups (broad SMARTS) is 1. The normalized spacial score (nSPS) is 11.3. The molecule has 1 N–H and O–H groups in total. The molecule has 0 unspecified atom stereocenters. The van der Waals surface area contributed by atoms with Crippen LogP contribution in [0, 0.1) is 6.92 Å². The van der Waals surface area contributed by atoms with Crippen LogP contribution < -0.4 is 0 Å². The molecule has 0 radical (unpaired) electrons. The molecule has 0 bridgehead atoms. The summed E-state index contributed by atoms with van der Waals surface area (Å²) in [5, 5.41) is 8.81. The Morgan fingerprint density at radius 3 is 2.56 bits per heavy atom. The van der Waals surface area contributed by atoms with Crippen molar-refractivity contribution in [3.8, 4) is 0 Å². The van der Waals surface area contributed by atoms with Crippen molar-refractivity contribution >= 4 is 11.9 Å². The lowest BCUT2D eigenvalue weighted by Gasteiger charge is -2.34. The summed E-state index contributed by atoms with van der Waals surface area (Å²) in [6.07, 6.45) is 1.44. The van der Waals surface area contributed by atoms with E-state index >= 15 is 0 Å². The SMILES string of the molecule is Cc1nc(CC(=O)N(C)C(C)(C)CC(=O)O)co1. The Hall–Kier alpha value is -1.85. The maximum atomic E-state index is 12.0. The van der Waals surface area contributed by atoms with E-state index in [1.807, 2.05) is 0 Å². The summed E-state index contributed by atoms with van der Waals surface area (Å²) in [6, 6.07) is 0. The van der Waals surface area contributed by atoms with Gasteiger partial charge in [-0.3, -0.25) is 9.59 Å². The van der Waals surface area contributed by atoms with Crippen LogP contribution in [-0.4, -0.2) is 39.5 Å². The molecule has 1 amide bonds. The zero-order chi connectivity index (χ0) is 13.9. The second kappa shape index (κ2) is 5.20. The third-order valence-corrected chi connectivity index (χ3v) is 2.86. The molecule has 0 aliphatic rings. The number of carboxylic acids is 1. The Labute approximate surface area is 106 Å². The van der Waals surface area contributed by atoms with Gasteiger partial charge in [0, 0.05) is 19.5 Å². The number of carbonyl (C=O) groups excluding carboxylic acids is 1. The average Bonchev–Trinajstić information content (AvgIpc) is 2.60. The minimum absolute atomic E-state index is 0.104. The number of likely N-dealkylation sites (N-methyl/N-ethyl adjacent to an activating group) is 1. The fourth-order valence-electron chi connectivity index (χ4n) is 1.59. The summed E-state index contributed by atoms with van der Waals surface area (Å²) in [6.45, 7) is 5.13. The van der Waals surface area contributed by atoms with E-state index in [0.717, 1.165) is 0 Å². The fourth-order valence-corrected chi connectivity index (χ4v) is 1.59. The molecule has 6 nitrogen and oxygen atoms in total. The van der Waals surface area contributed by atoms with Crippen molar-refractivity contribution in [3.63, 3.8) is 0 Å². The van der Waals surface area contributed by atoms with E-state index in [1.54, 1.807) is 27.8 Å². The smallest absolute Gasteiger partial charge is 0.305 e. The van der Waals surface area contributed by atoms with Crippen LogP contribution in [0.25, 0.3) is 0 Å². The van der Waals surface area contributed by atoms with Crippen LogP contribution in [0.1, 0.15) is 31.9 Å². The van der Waals surface area contributed by atoms with Gasteiger partial charge in [0.05, 0.1) is 18.5 Å². The van der Waals surface area contributed by atoms with Crippen molar-refractivity contribution in [3.05, 3.63) is 17.8 Å². The zero-order valence-electron chi connectivity index (χ0n) is 11.1. The van der Waals surface area contributed by atoms with Crippen molar-refractivity contribution in [2.75, 3.05) is 7.05 Å². The van der Waals surface area contributed by atoms with Gasteiger partial charge in [0.25, 0.3) is 0 Å². The molecule has 0 spiro atoms. The van der Waals surface area contributed by atoms with Gasteiger partial charge in [-0.15, -0.1) is 0 Å². The summed E-state index contributed by atoms with van der Waals surface area (Å²) < 4.78 is 5.02. The molecule has 1 aromatic rings. The molecule has 0 aromatic carbocycles. The van der Waals surface area contributed by atoms with E-state index in [-0.39, 0.29) is 18.7 Å². The van der Waals surface area contributed by atoms with E-state index in [4.69, 9.17) is 9.52 Å². The third kappa shape index (κ3) is 3.58. The van der Waals surface area contributed by atoms with Crippen LogP contribution in [0.15, 0.2) is 10.7 Å². The molecule has 0 aliphatic heterocycles. The van der Waals surface area contributed by atoms with Gasteiger partial charge in [-0.05, 0) is 13.8 Å². The molecule has 1 aromatic heterocycles. The summed E-state index contributed by atoms with van der Waals surface area (Å²) >= 11 is 0. The number of nitrogens with zero attached hydrogens (tertiary/aromatic N) is 2. The average molecular weight is 254 g/mol. The minimum atomic E-state index is -0.933. The first-order chi connectivity index (χ1) is 8.22. The second-order valence-electron chi connectivity index (χ2n) is 4.87. The topological polar surface area (TPSA) is 83.6 Å². The number of carbonyl (C=O) groups is 2. The quantitative estimate of drug-likeness (QED) is 0.854. The number of hydrogen-bond acceptors (Lipinski definition) is 4. The minimum Gasteiger partial charge on any atom is -0.481 e. The standard InChI is InChI=1S/C12H18N2O4/c1-8-13-9(7-18-8)5-10(15)14(4)12(2,3)6-11(16)17/h7H,5-6H2,1-4H3,(H,16,17). The predicted molar refractivity (Wildman–Crippen MR) is 64.0 cm³/mol. The lowest BCUT2D eigenvalue weighted by atomic mass is 9.98. The van der Waals surface area contributed by atoms with Gasteiger partial charge in [0.1, 0.15) is 6.26 Å². The third-order valence-electron chi connectivity index (χ3n) is 2.86. The molecule has 1 rings (SSSR count). The molecule has 100 valence electrons. The van der Waals surface area contributed by atoms with E-state index in [2.05, 4.69) is 4.98 Å². The molecule has 0 fully saturated rings. The lowest BCUT2D eigenvalue weighted by molar-refractivity contribution is -0.142. The lowest BCUT2D eigenvalue weighted by Crippen LogP contribution is -2.47. The molecule has 1 heterocycles. The van der Waals surface area contributed by atoms with Gasteiger partial charge in [-0.2, -0.15) is 0 Å². The van der Waals surface area contributed by atoms with Gasteiger partial charge < -0.3 is 14.4 Å². The summed E-state index contributed by atoms with van der Waals surface area (Å²) in [5.74, 6) is -0.614.